The van der Waals surface area contributed by atoms with Crippen molar-refractivity contribution in [3.05, 3.63) is 60.0 Å². The van der Waals surface area contributed by atoms with E-state index in [2.05, 4.69) is 15.5 Å². The summed E-state index contributed by atoms with van der Waals surface area (Å²) in [6.45, 7) is 4.73. The highest BCUT2D eigenvalue weighted by Crippen LogP contribution is 2.26. The second-order valence-electron chi connectivity index (χ2n) is 7.08. The van der Waals surface area contributed by atoms with E-state index < -0.39 is 0 Å². The molecule has 0 bridgehead atoms. The molecule has 4 aromatic rings. The molecular formula is C22H24N6O2. The Morgan fingerprint density at radius 2 is 2.00 bits per heavy atom. The van der Waals surface area contributed by atoms with Crippen molar-refractivity contribution in [3.8, 4) is 17.0 Å². The zero-order valence-corrected chi connectivity index (χ0v) is 17.5. The fraction of sp³-hybridized carbons (Fsp3) is 0.273. The van der Waals surface area contributed by atoms with E-state index in [1.165, 1.54) is 0 Å². The molecule has 0 aliphatic carbocycles. The van der Waals surface area contributed by atoms with Crippen LogP contribution in [0.4, 0.5) is 0 Å². The molecule has 3 heterocycles. The first-order valence-electron chi connectivity index (χ1n) is 9.81. The van der Waals surface area contributed by atoms with Gasteiger partial charge < -0.3 is 10.1 Å². The molecule has 154 valence electrons. The van der Waals surface area contributed by atoms with Crippen LogP contribution in [0, 0.1) is 0 Å². The molecule has 1 atom stereocenters. The second kappa shape index (κ2) is 7.98. The molecule has 0 saturated carbocycles. The van der Waals surface area contributed by atoms with Gasteiger partial charge in [0.15, 0.2) is 5.65 Å². The standard InChI is InChI=1S/C22H24N6O2/c1-5-28-11-10-19(26-28)14(2)24-22(29)17-12-20(15-6-8-16(30-4)9-7-15)25-21-18(17)13-23-27(21)3/h6-14H,5H2,1-4H3,(H,24,29)/t14-/m0/s1. The van der Waals surface area contributed by atoms with Gasteiger partial charge in [-0.05, 0) is 50.2 Å². The van der Waals surface area contributed by atoms with E-state index in [4.69, 9.17) is 9.72 Å². The molecule has 0 aliphatic heterocycles. The Labute approximate surface area is 174 Å². The van der Waals surface area contributed by atoms with Gasteiger partial charge in [-0.3, -0.25) is 14.2 Å². The largest absolute Gasteiger partial charge is 0.497 e. The summed E-state index contributed by atoms with van der Waals surface area (Å²) in [5.41, 5.74) is 3.58. The maximum Gasteiger partial charge on any atom is 0.252 e. The number of nitrogens with one attached hydrogen (secondary N) is 1. The minimum atomic E-state index is -0.227. The molecule has 1 N–H and O–H groups in total. The van der Waals surface area contributed by atoms with Crippen molar-refractivity contribution in [2.45, 2.75) is 26.4 Å². The Morgan fingerprint density at radius 1 is 1.23 bits per heavy atom. The van der Waals surface area contributed by atoms with Gasteiger partial charge in [0.1, 0.15) is 5.75 Å². The van der Waals surface area contributed by atoms with Crippen LogP contribution in [-0.2, 0) is 13.6 Å². The third kappa shape index (κ3) is 3.63. The summed E-state index contributed by atoms with van der Waals surface area (Å²) in [6.07, 6.45) is 3.58. The number of nitrogens with zero attached hydrogens (tertiary/aromatic N) is 5. The maximum absolute atomic E-state index is 13.2. The normalized spacial score (nSPS) is 12.1. The first-order valence-corrected chi connectivity index (χ1v) is 9.81. The van der Waals surface area contributed by atoms with Gasteiger partial charge in [-0.25, -0.2) is 4.98 Å². The number of hydrogen-bond donors (Lipinski definition) is 1. The van der Waals surface area contributed by atoms with Crippen LogP contribution >= 0.6 is 0 Å². The van der Waals surface area contributed by atoms with Crippen LogP contribution in [0.2, 0.25) is 0 Å². The van der Waals surface area contributed by atoms with Gasteiger partial charge >= 0.3 is 0 Å². The van der Waals surface area contributed by atoms with E-state index in [1.54, 1.807) is 24.1 Å². The fourth-order valence-electron chi connectivity index (χ4n) is 3.34. The highest BCUT2D eigenvalue weighted by atomic mass is 16.5. The predicted octanol–water partition coefficient (Wildman–Crippen LogP) is 3.35. The Morgan fingerprint density at radius 3 is 2.67 bits per heavy atom. The number of ether oxygens (including phenoxy) is 1. The lowest BCUT2D eigenvalue weighted by atomic mass is 10.1. The second-order valence-corrected chi connectivity index (χ2v) is 7.08. The van der Waals surface area contributed by atoms with Crippen molar-refractivity contribution >= 4 is 16.9 Å². The average molecular weight is 404 g/mol. The topological polar surface area (TPSA) is 86.9 Å². The zero-order chi connectivity index (χ0) is 21.3. The van der Waals surface area contributed by atoms with Gasteiger partial charge in [-0.2, -0.15) is 10.2 Å². The number of carbonyl (C=O) groups is 1. The van der Waals surface area contributed by atoms with Crippen LogP contribution in [0.15, 0.2) is 48.8 Å². The quantitative estimate of drug-likeness (QED) is 0.533. The van der Waals surface area contributed by atoms with Crippen molar-refractivity contribution < 1.29 is 9.53 Å². The fourth-order valence-corrected chi connectivity index (χ4v) is 3.34. The summed E-state index contributed by atoms with van der Waals surface area (Å²) < 4.78 is 8.74. The summed E-state index contributed by atoms with van der Waals surface area (Å²) in [5, 5.41) is 12.5. The van der Waals surface area contributed by atoms with Crippen LogP contribution in [0.5, 0.6) is 5.75 Å². The highest BCUT2D eigenvalue weighted by Gasteiger charge is 2.19. The summed E-state index contributed by atoms with van der Waals surface area (Å²) in [4.78, 5) is 17.9. The average Bonchev–Trinajstić information content (AvgIpc) is 3.40. The minimum Gasteiger partial charge on any atom is -0.497 e. The Balaban J connectivity index is 1.70. The lowest BCUT2D eigenvalue weighted by Crippen LogP contribution is -2.27. The highest BCUT2D eigenvalue weighted by molar-refractivity contribution is 6.06. The van der Waals surface area contributed by atoms with E-state index in [1.807, 2.05) is 62.1 Å². The number of carbonyl (C=O) groups excluding carboxylic acids is 1. The first-order chi connectivity index (χ1) is 14.5. The van der Waals surface area contributed by atoms with Crippen LogP contribution < -0.4 is 10.1 Å². The van der Waals surface area contributed by atoms with Crippen LogP contribution in [0.3, 0.4) is 0 Å². The SMILES string of the molecule is CCn1ccc([C@H](C)NC(=O)c2cc(-c3ccc(OC)cc3)nc3c2cnn3C)n1. The molecule has 0 radical (unpaired) electrons. The Bertz CT molecular complexity index is 1190. The molecular weight excluding hydrogens is 380 g/mol. The molecule has 0 spiro atoms. The molecule has 1 aromatic carbocycles. The number of aromatic nitrogens is 5. The number of rotatable bonds is 6. The number of benzene rings is 1. The number of pyridine rings is 1. The number of hydrogen-bond acceptors (Lipinski definition) is 5. The van der Waals surface area contributed by atoms with E-state index >= 15 is 0 Å². The van der Waals surface area contributed by atoms with Crippen molar-refractivity contribution in [1.82, 2.24) is 29.9 Å². The van der Waals surface area contributed by atoms with Gasteiger partial charge in [0.2, 0.25) is 0 Å². The third-order valence-electron chi connectivity index (χ3n) is 5.11. The van der Waals surface area contributed by atoms with E-state index in [0.29, 0.717) is 22.3 Å². The van der Waals surface area contributed by atoms with Gasteiger partial charge in [-0.15, -0.1) is 0 Å². The lowest BCUT2D eigenvalue weighted by Gasteiger charge is -2.13. The summed E-state index contributed by atoms with van der Waals surface area (Å²) in [7, 11) is 3.44. The maximum atomic E-state index is 13.2. The van der Waals surface area contributed by atoms with Crippen LogP contribution in [-0.4, -0.2) is 37.6 Å². The molecule has 0 saturated heterocycles. The van der Waals surface area contributed by atoms with Gasteiger partial charge in [-0.1, -0.05) is 0 Å². The summed E-state index contributed by atoms with van der Waals surface area (Å²) >= 11 is 0. The van der Waals surface area contributed by atoms with Gasteiger partial charge in [0.25, 0.3) is 5.91 Å². The van der Waals surface area contributed by atoms with Crippen molar-refractivity contribution in [2.24, 2.45) is 7.05 Å². The van der Waals surface area contributed by atoms with Crippen molar-refractivity contribution in [1.29, 1.82) is 0 Å². The third-order valence-corrected chi connectivity index (χ3v) is 5.11. The number of aryl methyl sites for hydroxylation is 2. The lowest BCUT2D eigenvalue weighted by molar-refractivity contribution is 0.0940. The summed E-state index contributed by atoms with van der Waals surface area (Å²) in [6, 6.07) is 11.1. The number of fused-ring (bicyclic) bond motifs is 1. The first kappa shape index (κ1) is 19.6. The van der Waals surface area contributed by atoms with E-state index in [9.17, 15) is 4.79 Å². The molecule has 0 fully saturated rings. The smallest absolute Gasteiger partial charge is 0.252 e. The molecule has 0 unspecified atom stereocenters. The molecule has 1 amide bonds. The van der Waals surface area contributed by atoms with Crippen molar-refractivity contribution in [2.75, 3.05) is 7.11 Å². The predicted molar refractivity (Wildman–Crippen MR) is 114 cm³/mol. The number of methoxy groups -OCH3 is 1. The molecule has 3 aromatic heterocycles. The zero-order valence-electron chi connectivity index (χ0n) is 17.5. The van der Waals surface area contributed by atoms with Gasteiger partial charge in [0.05, 0.1) is 41.7 Å². The summed E-state index contributed by atoms with van der Waals surface area (Å²) in [5.74, 6) is 0.572. The number of amides is 1. The van der Waals surface area contributed by atoms with Gasteiger partial charge in [0, 0.05) is 25.4 Å². The van der Waals surface area contributed by atoms with E-state index in [0.717, 1.165) is 23.6 Å². The molecule has 8 nitrogen and oxygen atoms in total. The Hall–Kier alpha value is -3.68. The van der Waals surface area contributed by atoms with Crippen LogP contribution in [0.25, 0.3) is 22.3 Å². The van der Waals surface area contributed by atoms with Crippen LogP contribution in [0.1, 0.15) is 35.9 Å². The monoisotopic (exact) mass is 404 g/mol. The molecule has 4 rings (SSSR count). The van der Waals surface area contributed by atoms with Crippen molar-refractivity contribution in [3.63, 3.8) is 0 Å². The Kier molecular flexibility index (Phi) is 5.22. The molecule has 30 heavy (non-hydrogen) atoms. The van der Waals surface area contributed by atoms with E-state index in [-0.39, 0.29) is 11.9 Å². The molecule has 0 aliphatic rings. The minimum absolute atomic E-state index is 0.191. The molecule has 8 heteroatoms.